The van der Waals surface area contributed by atoms with Crippen LogP contribution in [-0.4, -0.2) is 65.6 Å². The Balaban J connectivity index is 1.60. The number of rotatable bonds is 5. The molecule has 1 aromatic carbocycles. The highest BCUT2D eigenvalue weighted by molar-refractivity contribution is 9.10. The topological polar surface area (TPSA) is 45.4 Å². The summed E-state index contributed by atoms with van der Waals surface area (Å²) >= 11 is 11.8. The van der Waals surface area contributed by atoms with E-state index in [0.29, 0.717) is 0 Å². The van der Waals surface area contributed by atoms with Crippen molar-refractivity contribution in [3.63, 3.8) is 0 Å². The van der Waals surface area contributed by atoms with E-state index >= 15 is 0 Å². The van der Waals surface area contributed by atoms with Gasteiger partial charge in [0.2, 0.25) is 0 Å². The Morgan fingerprint density at radius 1 is 1.21 bits per heavy atom. The summed E-state index contributed by atoms with van der Waals surface area (Å²) in [6.45, 7) is 5.12. The zero-order valence-corrected chi connectivity index (χ0v) is 19.9. The van der Waals surface area contributed by atoms with Gasteiger partial charge in [-0.1, -0.05) is 17.7 Å². The molecular weight excluding hydrogens is 468 g/mol. The van der Waals surface area contributed by atoms with Crippen LogP contribution in [0.25, 0.3) is 0 Å². The number of piperazine rings is 1. The van der Waals surface area contributed by atoms with Gasteiger partial charge in [0.15, 0.2) is 0 Å². The second kappa shape index (κ2) is 9.67. The van der Waals surface area contributed by atoms with Gasteiger partial charge in [-0.05, 0) is 69.9 Å². The Kier molecular flexibility index (Phi) is 7.20. The minimum Gasteiger partial charge on any atom is -0.326 e. The van der Waals surface area contributed by atoms with E-state index in [-0.39, 0.29) is 12.1 Å². The van der Waals surface area contributed by atoms with Crippen LogP contribution < -0.4 is 5.73 Å². The van der Waals surface area contributed by atoms with Crippen molar-refractivity contribution in [2.45, 2.75) is 24.9 Å². The molecule has 29 heavy (non-hydrogen) atoms. The van der Waals surface area contributed by atoms with E-state index in [1.165, 1.54) is 22.4 Å². The van der Waals surface area contributed by atoms with Gasteiger partial charge in [0.25, 0.3) is 0 Å². The molecule has 1 aromatic heterocycles. The molecule has 2 aromatic rings. The zero-order valence-electron chi connectivity index (χ0n) is 16.8. The maximum atomic E-state index is 6.34. The second-order valence-electron chi connectivity index (χ2n) is 8.00. The van der Waals surface area contributed by atoms with Gasteiger partial charge in [0.05, 0.1) is 11.7 Å². The van der Waals surface area contributed by atoms with Gasteiger partial charge >= 0.3 is 0 Å². The molecule has 4 nitrogen and oxygen atoms in total. The van der Waals surface area contributed by atoms with Crippen molar-refractivity contribution in [2.24, 2.45) is 5.73 Å². The fourth-order valence-corrected chi connectivity index (χ4v) is 5.69. The summed E-state index contributed by atoms with van der Waals surface area (Å²) in [7, 11) is 0. The third-order valence-electron chi connectivity index (χ3n) is 5.94. The first-order valence-corrected chi connectivity index (χ1v) is 12.7. The number of aromatic nitrogens is 1. The molecule has 1 unspecified atom stereocenters. The molecule has 1 saturated heterocycles. The Labute approximate surface area is 191 Å². The van der Waals surface area contributed by atoms with Crippen LogP contribution in [-0.2, 0) is 12.8 Å². The third-order valence-corrected chi connectivity index (χ3v) is 7.37. The summed E-state index contributed by atoms with van der Waals surface area (Å²) in [5, 5.41) is 0.815. The number of halogens is 2. The molecule has 0 saturated carbocycles. The Hall–Kier alpha value is -0.630. The maximum absolute atomic E-state index is 6.34. The molecular formula is C22H28BrClN4S. The lowest BCUT2D eigenvalue weighted by Crippen LogP contribution is -2.51. The first kappa shape index (κ1) is 21.6. The first-order chi connectivity index (χ1) is 14.0. The number of aryl methyl sites for hydroxylation is 2. The minimum atomic E-state index is 0.190. The molecule has 0 spiro atoms. The summed E-state index contributed by atoms with van der Waals surface area (Å²) in [4.78, 5) is 9.99. The molecule has 0 radical (unpaired) electrons. The average molecular weight is 496 g/mol. The molecule has 1 fully saturated rings. The van der Waals surface area contributed by atoms with Crippen molar-refractivity contribution < 1.29 is 0 Å². The molecule has 4 rings (SSSR count). The molecule has 0 amide bonds. The van der Waals surface area contributed by atoms with Crippen LogP contribution in [0.5, 0.6) is 0 Å². The van der Waals surface area contributed by atoms with Crippen LogP contribution in [0.4, 0.5) is 0 Å². The predicted octanol–water partition coefficient (Wildman–Crippen LogP) is 3.99. The lowest BCUT2D eigenvalue weighted by Gasteiger charge is -2.40. The number of hydrogen-bond acceptors (Lipinski definition) is 5. The highest BCUT2D eigenvalue weighted by Gasteiger charge is 2.32. The number of benzene rings is 1. The largest absolute Gasteiger partial charge is 0.326 e. The molecule has 2 heterocycles. The van der Waals surface area contributed by atoms with Crippen LogP contribution in [0.3, 0.4) is 0 Å². The van der Waals surface area contributed by atoms with Crippen molar-refractivity contribution in [1.29, 1.82) is 0 Å². The van der Waals surface area contributed by atoms with Crippen molar-refractivity contribution in [1.82, 2.24) is 14.8 Å². The zero-order chi connectivity index (χ0) is 20.4. The lowest BCUT2D eigenvalue weighted by molar-refractivity contribution is 0.105. The van der Waals surface area contributed by atoms with Crippen LogP contribution in [0, 0.1) is 0 Å². The van der Waals surface area contributed by atoms with Gasteiger partial charge in [-0.3, -0.25) is 14.8 Å². The predicted molar refractivity (Wildman–Crippen MR) is 127 cm³/mol. The number of nitrogens with two attached hydrogens (primary N) is 1. The number of hydrogen-bond donors (Lipinski definition) is 1. The quantitative estimate of drug-likeness (QED) is 0.679. The highest BCUT2D eigenvalue weighted by atomic mass is 79.9. The summed E-state index contributed by atoms with van der Waals surface area (Å²) in [5.41, 5.74) is 11.5. The summed E-state index contributed by atoms with van der Waals surface area (Å²) in [6, 6.07) is 9.05. The molecule has 156 valence electrons. The first-order valence-electron chi connectivity index (χ1n) is 10.2. The third kappa shape index (κ3) is 5.00. The summed E-state index contributed by atoms with van der Waals surface area (Å²) in [6.07, 6.45) is 6.05. The fourth-order valence-electron chi connectivity index (χ4n) is 4.58. The standard InChI is InChI=1S/C22H28BrClN4S/c1-29-14-19(25)13-27-6-8-28(9-7-27)22-20-5-4-18(24)11-15(20)2-3-16-10-17(23)12-26-21(16)22/h4-5,10-12,19,22H,2-3,6-9,13-14,25H2,1H3/t19-,22?/m1/s1. The minimum absolute atomic E-state index is 0.190. The molecule has 0 bridgehead atoms. The van der Waals surface area contributed by atoms with Gasteiger partial charge in [-0.2, -0.15) is 11.8 Å². The molecule has 1 aliphatic carbocycles. The van der Waals surface area contributed by atoms with Gasteiger partial charge < -0.3 is 5.73 Å². The van der Waals surface area contributed by atoms with E-state index in [0.717, 1.165) is 60.8 Å². The number of pyridine rings is 1. The molecule has 2 atom stereocenters. The van der Waals surface area contributed by atoms with Gasteiger partial charge in [-0.25, -0.2) is 0 Å². The van der Waals surface area contributed by atoms with Crippen LogP contribution in [0.1, 0.15) is 28.4 Å². The van der Waals surface area contributed by atoms with Crippen molar-refractivity contribution in [3.8, 4) is 0 Å². The van der Waals surface area contributed by atoms with Gasteiger partial charge in [0, 0.05) is 60.2 Å². The monoisotopic (exact) mass is 494 g/mol. The van der Waals surface area contributed by atoms with Crippen molar-refractivity contribution in [2.75, 3.05) is 44.7 Å². The maximum Gasteiger partial charge on any atom is 0.0782 e. The van der Waals surface area contributed by atoms with Crippen LogP contribution >= 0.6 is 39.3 Å². The Bertz CT molecular complexity index is 803. The van der Waals surface area contributed by atoms with Crippen LogP contribution in [0.15, 0.2) is 34.9 Å². The summed E-state index contributed by atoms with van der Waals surface area (Å²) < 4.78 is 1.05. The molecule has 1 aliphatic heterocycles. The van der Waals surface area contributed by atoms with E-state index in [1.54, 1.807) is 0 Å². The highest BCUT2D eigenvalue weighted by Crippen LogP contribution is 2.37. The number of fused-ring (bicyclic) bond motifs is 2. The lowest BCUT2D eigenvalue weighted by atomic mass is 9.96. The number of nitrogens with zero attached hydrogens (tertiary/aromatic N) is 3. The molecule has 2 aliphatic rings. The van der Waals surface area contributed by atoms with Gasteiger partial charge in [0.1, 0.15) is 0 Å². The van der Waals surface area contributed by atoms with E-state index in [1.807, 2.05) is 24.0 Å². The van der Waals surface area contributed by atoms with Gasteiger partial charge in [-0.15, -0.1) is 0 Å². The number of thioether (sulfide) groups is 1. The Morgan fingerprint density at radius 3 is 2.72 bits per heavy atom. The van der Waals surface area contributed by atoms with E-state index in [2.05, 4.69) is 50.2 Å². The molecule has 7 heteroatoms. The van der Waals surface area contributed by atoms with Crippen LogP contribution in [0.2, 0.25) is 5.02 Å². The fraction of sp³-hybridized carbons (Fsp3) is 0.500. The summed E-state index contributed by atoms with van der Waals surface area (Å²) in [5.74, 6) is 1.02. The van der Waals surface area contributed by atoms with E-state index in [9.17, 15) is 0 Å². The smallest absolute Gasteiger partial charge is 0.0782 e. The normalized spacial score (nSPS) is 21.3. The Morgan fingerprint density at radius 2 is 1.97 bits per heavy atom. The van der Waals surface area contributed by atoms with E-state index in [4.69, 9.17) is 22.3 Å². The van der Waals surface area contributed by atoms with E-state index < -0.39 is 0 Å². The SMILES string of the molecule is CSC[C@H](N)CN1CCN(C2c3ccc(Cl)cc3CCc3cc(Br)cnc32)CC1. The average Bonchev–Trinajstić information content (AvgIpc) is 2.85. The van der Waals surface area contributed by atoms with Crippen molar-refractivity contribution in [3.05, 3.63) is 62.3 Å². The van der Waals surface area contributed by atoms with Crippen molar-refractivity contribution >= 4 is 39.3 Å². The second-order valence-corrected chi connectivity index (χ2v) is 10.3. The molecule has 2 N–H and O–H groups in total.